The molecule has 0 aliphatic heterocycles. The Morgan fingerprint density at radius 3 is 2.55 bits per heavy atom. The molecular weight excluding hydrogens is 268 g/mol. The van der Waals surface area contributed by atoms with Crippen LogP contribution < -0.4 is 10.1 Å². The van der Waals surface area contributed by atoms with Gasteiger partial charge in [-0.25, -0.2) is 4.98 Å². The number of nitrogens with zero attached hydrogens (tertiary/aromatic N) is 1. The molecule has 0 atom stereocenters. The van der Waals surface area contributed by atoms with E-state index in [4.69, 9.17) is 4.74 Å². The highest BCUT2D eigenvalue weighted by Gasteiger charge is 2.04. The van der Waals surface area contributed by atoms with Gasteiger partial charge in [0.2, 0.25) is 0 Å². The van der Waals surface area contributed by atoms with E-state index in [1.165, 1.54) is 10.4 Å². The van der Waals surface area contributed by atoms with E-state index in [1.54, 1.807) is 11.3 Å². The van der Waals surface area contributed by atoms with E-state index in [-0.39, 0.29) is 0 Å². The van der Waals surface area contributed by atoms with Crippen LogP contribution in [0.25, 0.3) is 0 Å². The number of aromatic nitrogens is 1. The van der Waals surface area contributed by atoms with Crippen LogP contribution >= 0.6 is 11.3 Å². The molecule has 1 aromatic carbocycles. The van der Waals surface area contributed by atoms with Gasteiger partial charge in [-0.3, -0.25) is 0 Å². The molecule has 0 amide bonds. The van der Waals surface area contributed by atoms with Gasteiger partial charge < -0.3 is 10.1 Å². The average Bonchev–Trinajstić information content (AvgIpc) is 2.77. The van der Waals surface area contributed by atoms with Crippen molar-refractivity contribution in [1.29, 1.82) is 0 Å². The molecule has 0 aliphatic carbocycles. The van der Waals surface area contributed by atoms with Gasteiger partial charge in [-0.2, -0.15) is 0 Å². The summed E-state index contributed by atoms with van der Waals surface area (Å²) in [5.74, 6) is 0.898. The first-order chi connectivity index (χ1) is 9.69. The number of hydrogen-bond acceptors (Lipinski definition) is 4. The van der Waals surface area contributed by atoms with Crippen molar-refractivity contribution in [3.8, 4) is 5.75 Å². The molecule has 0 fully saturated rings. The Labute approximate surface area is 125 Å². The second-order valence-electron chi connectivity index (χ2n) is 4.86. The maximum absolute atomic E-state index is 5.77. The number of aryl methyl sites for hydroxylation is 2. The summed E-state index contributed by atoms with van der Waals surface area (Å²) in [5, 5.41) is 4.42. The minimum Gasteiger partial charge on any atom is -0.486 e. The van der Waals surface area contributed by atoms with Crippen LogP contribution in [-0.4, -0.2) is 11.5 Å². The number of rotatable bonds is 7. The Morgan fingerprint density at radius 1 is 1.20 bits per heavy atom. The van der Waals surface area contributed by atoms with Crippen LogP contribution in [0, 0.1) is 13.8 Å². The molecule has 4 heteroatoms. The van der Waals surface area contributed by atoms with Gasteiger partial charge in [0, 0.05) is 11.4 Å². The third-order valence-electron chi connectivity index (χ3n) is 3.11. The topological polar surface area (TPSA) is 34.1 Å². The first kappa shape index (κ1) is 15.0. The zero-order chi connectivity index (χ0) is 14.4. The lowest BCUT2D eigenvalue weighted by Gasteiger charge is -2.06. The smallest absolute Gasteiger partial charge is 0.140 e. The van der Waals surface area contributed by atoms with Crippen LogP contribution in [0.5, 0.6) is 5.75 Å². The van der Waals surface area contributed by atoms with Crippen LogP contribution in [-0.2, 0) is 13.2 Å². The highest BCUT2D eigenvalue weighted by Crippen LogP contribution is 2.19. The number of ether oxygens (including phenoxy) is 1. The summed E-state index contributed by atoms with van der Waals surface area (Å²) in [6, 6.07) is 8.26. The normalized spacial score (nSPS) is 10.8. The van der Waals surface area contributed by atoms with E-state index in [0.29, 0.717) is 6.61 Å². The summed E-state index contributed by atoms with van der Waals surface area (Å²) in [7, 11) is 0. The first-order valence-electron chi connectivity index (χ1n) is 7.04. The van der Waals surface area contributed by atoms with E-state index < -0.39 is 0 Å². The van der Waals surface area contributed by atoms with Gasteiger partial charge in [0.15, 0.2) is 0 Å². The molecule has 0 spiro atoms. The van der Waals surface area contributed by atoms with E-state index in [0.717, 1.165) is 36.0 Å². The summed E-state index contributed by atoms with van der Waals surface area (Å²) in [6.45, 7) is 8.82. The van der Waals surface area contributed by atoms with Crippen molar-refractivity contribution in [3.05, 3.63) is 45.4 Å². The van der Waals surface area contributed by atoms with Gasteiger partial charge in [-0.1, -0.05) is 19.1 Å². The predicted octanol–water partition coefficient (Wildman–Crippen LogP) is 3.84. The fourth-order valence-corrected chi connectivity index (χ4v) is 2.71. The minimum atomic E-state index is 0.548. The van der Waals surface area contributed by atoms with Gasteiger partial charge in [-0.15, -0.1) is 11.3 Å². The lowest BCUT2D eigenvalue weighted by molar-refractivity contribution is 0.305. The largest absolute Gasteiger partial charge is 0.486 e. The molecule has 108 valence electrons. The molecule has 0 bridgehead atoms. The van der Waals surface area contributed by atoms with Gasteiger partial charge in [0.25, 0.3) is 0 Å². The maximum atomic E-state index is 5.77. The van der Waals surface area contributed by atoms with Crippen LogP contribution in [0.15, 0.2) is 24.3 Å². The Morgan fingerprint density at radius 2 is 1.95 bits per heavy atom. The summed E-state index contributed by atoms with van der Waals surface area (Å²) in [4.78, 5) is 5.74. The fourth-order valence-electron chi connectivity index (χ4n) is 1.86. The van der Waals surface area contributed by atoms with Crippen LogP contribution in [0.3, 0.4) is 0 Å². The van der Waals surface area contributed by atoms with Crippen LogP contribution in [0.2, 0.25) is 0 Å². The fraction of sp³-hybridized carbons (Fsp3) is 0.438. The molecule has 0 radical (unpaired) electrons. The maximum Gasteiger partial charge on any atom is 0.140 e. The molecule has 1 aromatic heterocycles. The minimum absolute atomic E-state index is 0.548. The molecule has 2 rings (SSSR count). The second-order valence-corrected chi connectivity index (χ2v) is 6.15. The third kappa shape index (κ3) is 4.32. The van der Waals surface area contributed by atoms with Crippen molar-refractivity contribution < 1.29 is 4.74 Å². The second kappa shape index (κ2) is 7.41. The highest BCUT2D eigenvalue weighted by molar-refractivity contribution is 7.11. The zero-order valence-electron chi connectivity index (χ0n) is 12.4. The molecule has 1 N–H and O–H groups in total. The zero-order valence-corrected chi connectivity index (χ0v) is 13.2. The Bertz CT molecular complexity index is 514. The number of hydrogen-bond donors (Lipinski definition) is 1. The van der Waals surface area contributed by atoms with Crippen molar-refractivity contribution in [3.63, 3.8) is 0 Å². The lowest BCUT2D eigenvalue weighted by atomic mass is 10.2. The highest BCUT2D eigenvalue weighted by atomic mass is 32.1. The number of thiazole rings is 1. The van der Waals surface area contributed by atoms with E-state index in [9.17, 15) is 0 Å². The monoisotopic (exact) mass is 290 g/mol. The molecule has 0 aliphatic rings. The molecular formula is C16H22N2OS. The van der Waals surface area contributed by atoms with Crippen molar-refractivity contribution in [2.45, 2.75) is 40.3 Å². The number of benzene rings is 1. The standard InChI is InChI=1S/C16H22N2OS/c1-4-9-17-10-14-5-7-15(8-6-14)19-11-16-18-12(2)13(3)20-16/h5-8,17H,4,9-11H2,1-3H3. The van der Waals surface area contributed by atoms with Crippen molar-refractivity contribution in [2.24, 2.45) is 0 Å². The summed E-state index contributed by atoms with van der Waals surface area (Å²) in [6.07, 6.45) is 1.16. The van der Waals surface area contributed by atoms with Crippen LogP contribution in [0.1, 0.15) is 34.5 Å². The van der Waals surface area contributed by atoms with Gasteiger partial charge in [0.05, 0.1) is 5.69 Å². The SMILES string of the molecule is CCCNCc1ccc(OCc2nc(C)c(C)s2)cc1. The molecule has 20 heavy (non-hydrogen) atoms. The quantitative estimate of drug-likeness (QED) is 0.787. The summed E-state index contributed by atoms with van der Waals surface area (Å²) >= 11 is 1.70. The summed E-state index contributed by atoms with van der Waals surface area (Å²) < 4.78 is 5.77. The third-order valence-corrected chi connectivity index (χ3v) is 4.16. The molecule has 0 saturated carbocycles. The van der Waals surface area contributed by atoms with Gasteiger partial charge >= 0.3 is 0 Å². The average molecular weight is 290 g/mol. The van der Waals surface area contributed by atoms with Gasteiger partial charge in [0.1, 0.15) is 17.4 Å². The van der Waals surface area contributed by atoms with Crippen molar-refractivity contribution in [1.82, 2.24) is 10.3 Å². The molecule has 0 unspecified atom stereocenters. The van der Waals surface area contributed by atoms with E-state index in [2.05, 4.69) is 36.3 Å². The Hall–Kier alpha value is -1.39. The molecule has 0 saturated heterocycles. The van der Waals surface area contributed by atoms with E-state index in [1.807, 2.05) is 19.1 Å². The van der Waals surface area contributed by atoms with Gasteiger partial charge in [-0.05, 0) is 44.5 Å². The molecule has 3 nitrogen and oxygen atoms in total. The Kier molecular flexibility index (Phi) is 5.56. The van der Waals surface area contributed by atoms with E-state index >= 15 is 0 Å². The summed E-state index contributed by atoms with van der Waals surface area (Å²) in [5.41, 5.74) is 2.39. The molecule has 1 heterocycles. The Balaban J connectivity index is 1.84. The van der Waals surface area contributed by atoms with Crippen molar-refractivity contribution in [2.75, 3.05) is 6.54 Å². The lowest BCUT2D eigenvalue weighted by Crippen LogP contribution is -2.13. The number of nitrogens with one attached hydrogen (secondary N) is 1. The molecule has 2 aromatic rings. The van der Waals surface area contributed by atoms with Crippen LogP contribution in [0.4, 0.5) is 0 Å². The predicted molar refractivity (Wildman–Crippen MR) is 84.4 cm³/mol. The first-order valence-corrected chi connectivity index (χ1v) is 7.86. The van der Waals surface area contributed by atoms with Crippen molar-refractivity contribution >= 4 is 11.3 Å².